The van der Waals surface area contributed by atoms with Crippen molar-refractivity contribution < 1.29 is 4.79 Å². The zero-order chi connectivity index (χ0) is 21.8. The van der Waals surface area contributed by atoms with E-state index in [1.165, 1.54) is 0 Å². The standard InChI is InChI=1S/C24H32N6O/c1-4-10-20-25-23(29-15-9-14-28(16-17-29)21(31)11-5-2)22-18(3)27-30(24(22)26-20)19-12-7-6-8-13-19/h6-8,12-13H,4-5,9-11,14-17H2,1-3H3. The highest BCUT2D eigenvalue weighted by atomic mass is 16.2. The van der Waals surface area contributed by atoms with Crippen molar-refractivity contribution in [1.29, 1.82) is 0 Å². The maximum absolute atomic E-state index is 12.4. The number of rotatable bonds is 6. The fraction of sp³-hybridized carbons (Fsp3) is 0.500. The smallest absolute Gasteiger partial charge is 0.222 e. The Kier molecular flexibility index (Phi) is 6.49. The number of benzene rings is 1. The molecule has 3 heterocycles. The van der Waals surface area contributed by atoms with E-state index in [1.54, 1.807) is 0 Å². The summed E-state index contributed by atoms with van der Waals surface area (Å²) in [6.07, 6.45) is 4.28. The molecule has 0 aliphatic carbocycles. The van der Waals surface area contributed by atoms with Crippen LogP contribution >= 0.6 is 0 Å². The Hall–Kier alpha value is -2.96. The van der Waals surface area contributed by atoms with Crippen LogP contribution in [0.3, 0.4) is 0 Å². The first kappa shape index (κ1) is 21.3. The van der Waals surface area contributed by atoms with Crippen molar-refractivity contribution in [3.05, 3.63) is 41.9 Å². The van der Waals surface area contributed by atoms with Gasteiger partial charge in [-0.3, -0.25) is 4.79 Å². The van der Waals surface area contributed by atoms with Crippen LogP contribution in [0.2, 0.25) is 0 Å². The maximum atomic E-state index is 12.4. The minimum atomic E-state index is 0.261. The molecule has 1 fully saturated rings. The minimum absolute atomic E-state index is 0.261. The second-order valence-corrected chi connectivity index (χ2v) is 8.22. The van der Waals surface area contributed by atoms with E-state index >= 15 is 0 Å². The first-order valence-corrected chi connectivity index (χ1v) is 11.5. The molecule has 0 spiro atoms. The van der Waals surface area contributed by atoms with Crippen LogP contribution in [0.15, 0.2) is 30.3 Å². The average Bonchev–Trinajstić information content (AvgIpc) is 2.95. The fourth-order valence-electron chi connectivity index (χ4n) is 4.27. The van der Waals surface area contributed by atoms with E-state index < -0.39 is 0 Å². The molecule has 1 aliphatic rings. The number of aryl methyl sites for hydroxylation is 2. The normalized spacial score (nSPS) is 14.8. The summed E-state index contributed by atoms with van der Waals surface area (Å²) < 4.78 is 1.93. The molecule has 31 heavy (non-hydrogen) atoms. The Labute approximate surface area is 184 Å². The lowest BCUT2D eigenvalue weighted by Gasteiger charge is -2.24. The van der Waals surface area contributed by atoms with Gasteiger partial charge in [-0.05, 0) is 38.3 Å². The fourth-order valence-corrected chi connectivity index (χ4v) is 4.27. The first-order valence-electron chi connectivity index (χ1n) is 11.5. The molecule has 0 atom stereocenters. The summed E-state index contributed by atoms with van der Waals surface area (Å²) >= 11 is 0. The second-order valence-electron chi connectivity index (χ2n) is 8.22. The highest BCUT2D eigenvalue weighted by Gasteiger charge is 2.24. The number of fused-ring (bicyclic) bond motifs is 1. The summed E-state index contributed by atoms with van der Waals surface area (Å²) in [6.45, 7) is 9.45. The Morgan fingerprint density at radius 1 is 1.00 bits per heavy atom. The quantitative estimate of drug-likeness (QED) is 0.605. The van der Waals surface area contributed by atoms with Gasteiger partial charge in [-0.1, -0.05) is 32.0 Å². The van der Waals surface area contributed by atoms with Gasteiger partial charge in [-0.15, -0.1) is 0 Å². The molecular weight excluding hydrogens is 388 g/mol. The molecular formula is C24H32N6O. The van der Waals surface area contributed by atoms with E-state index in [4.69, 9.17) is 15.1 Å². The number of amides is 1. The van der Waals surface area contributed by atoms with Gasteiger partial charge >= 0.3 is 0 Å². The highest BCUT2D eigenvalue weighted by Crippen LogP contribution is 2.30. The van der Waals surface area contributed by atoms with Crippen molar-refractivity contribution in [1.82, 2.24) is 24.6 Å². The van der Waals surface area contributed by atoms with Crippen LogP contribution in [0.1, 0.15) is 51.0 Å². The summed E-state index contributed by atoms with van der Waals surface area (Å²) in [5, 5.41) is 5.84. The number of carbonyl (C=O) groups excluding carboxylic acids is 1. The minimum Gasteiger partial charge on any atom is -0.354 e. The van der Waals surface area contributed by atoms with Gasteiger partial charge in [0, 0.05) is 39.0 Å². The molecule has 1 aliphatic heterocycles. The summed E-state index contributed by atoms with van der Waals surface area (Å²) in [4.78, 5) is 26.7. The second kappa shape index (κ2) is 9.45. The van der Waals surface area contributed by atoms with Gasteiger partial charge in [0.15, 0.2) is 5.65 Å². The van der Waals surface area contributed by atoms with E-state index in [1.807, 2.05) is 34.7 Å². The zero-order valence-corrected chi connectivity index (χ0v) is 18.8. The molecule has 1 amide bonds. The molecule has 2 aromatic heterocycles. The van der Waals surface area contributed by atoms with Gasteiger partial charge in [0.2, 0.25) is 5.91 Å². The third-order valence-electron chi connectivity index (χ3n) is 5.82. The predicted octanol–water partition coefficient (Wildman–Crippen LogP) is 3.92. The molecule has 1 aromatic carbocycles. The lowest BCUT2D eigenvalue weighted by atomic mass is 10.2. The van der Waals surface area contributed by atoms with Crippen molar-refractivity contribution in [2.24, 2.45) is 0 Å². The Bertz CT molecular complexity index is 1050. The molecule has 3 aromatic rings. The topological polar surface area (TPSA) is 67.2 Å². The molecule has 4 rings (SSSR count). The maximum Gasteiger partial charge on any atom is 0.222 e. The van der Waals surface area contributed by atoms with Gasteiger partial charge in [-0.25, -0.2) is 14.6 Å². The van der Waals surface area contributed by atoms with Crippen LogP contribution in [0.5, 0.6) is 0 Å². The molecule has 7 heteroatoms. The summed E-state index contributed by atoms with van der Waals surface area (Å²) in [5.41, 5.74) is 2.79. The SMILES string of the molecule is CCCC(=O)N1CCCN(c2nc(CCC)nc3c2c(C)nn3-c2ccccc2)CC1. The van der Waals surface area contributed by atoms with Crippen LogP contribution in [0.4, 0.5) is 5.82 Å². The molecule has 7 nitrogen and oxygen atoms in total. The van der Waals surface area contributed by atoms with Gasteiger partial charge in [0.05, 0.1) is 16.8 Å². The lowest BCUT2D eigenvalue weighted by molar-refractivity contribution is -0.131. The number of carbonyl (C=O) groups is 1. The third-order valence-corrected chi connectivity index (χ3v) is 5.82. The molecule has 0 bridgehead atoms. The summed E-state index contributed by atoms with van der Waals surface area (Å²) in [5.74, 6) is 2.07. The summed E-state index contributed by atoms with van der Waals surface area (Å²) in [6, 6.07) is 10.1. The van der Waals surface area contributed by atoms with Crippen LogP contribution < -0.4 is 4.90 Å². The molecule has 1 saturated heterocycles. The molecule has 164 valence electrons. The van der Waals surface area contributed by atoms with Crippen LogP contribution in [0, 0.1) is 6.92 Å². The Morgan fingerprint density at radius 2 is 1.81 bits per heavy atom. The Morgan fingerprint density at radius 3 is 2.55 bits per heavy atom. The van der Waals surface area contributed by atoms with Gasteiger partial charge in [0.1, 0.15) is 11.6 Å². The number of hydrogen-bond acceptors (Lipinski definition) is 5. The van der Waals surface area contributed by atoms with Gasteiger partial charge < -0.3 is 9.80 Å². The molecule has 0 saturated carbocycles. The third kappa shape index (κ3) is 4.40. The number of nitrogens with zero attached hydrogens (tertiary/aromatic N) is 6. The Balaban J connectivity index is 1.75. The lowest BCUT2D eigenvalue weighted by Crippen LogP contribution is -2.35. The number of anilines is 1. The first-order chi connectivity index (χ1) is 15.1. The predicted molar refractivity (Wildman–Crippen MR) is 124 cm³/mol. The van der Waals surface area contributed by atoms with E-state index in [2.05, 4.69) is 30.9 Å². The zero-order valence-electron chi connectivity index (χ0n) is 18.8. The van der Waals surface area contributed by atoms with E-state index in [0.717, 1.165) is 85.9 Å². The van der Waals surface area contributed by atoms with Gasteiger partial charge in [-0.2, -0.15) is 5.10 Å². The average molecular weight is 421 g/mol. The summed E-state index contributed by atoms with van der Waals surface area (Å²) in [7, 11) is 0. The molecule has 0 N–H and O–H groups in total. The van der Waals surface area contributed by atoms with Crippen molar-refractivity contribution in [2.75, 3.05) is 31.1 Å². The number of para-hydroxylation sites is 1. The van der Waals surface area contributed by atoms with Crippen molar-refractivity contribution >= 4 is 22.8 Å². The van der Waals surface area contributed by atoms with Crippen LogP contribution in [-0.4, -0.2) is 56.7 Å². The largest absolute Gasteiger partial charge is 0.354 e. The van der Waals surface area contributed by atoms with E-state index in [0.29, 0.717) is 6.42 Å². The molecule has 0 radical (unpaired) electrons. The van der Waals surface area contributed by atoms with Crippen LogP contribution in [-0.2, 0) is 11.2 Å². The number of aromatic nitrogens is 4. The van der Waals surface area contributed by atoms with Crippen LogP contribution in [0.25, 0.3) is 16.7 Å². The van der Waals surface area contributed by atoms with Crippen molar-refractivity contribution in [2.45, 2.75) is 52.9 Å². The van der Waals surface area contributed by atoms with Crippen molar-refractivity contribution in [3.8, 4) is 5.69 Å². The highest BCUT2D eigenvalue weighted by molar-refractivity contribution is 5.91. The van der Waals surface area contributed by atoms with Gasteiger partial charge in [0.25, 0.3) is 0 Å². The van der Waals surface area contributed by atoms with E-state index in [-0.39, 0.29) is 5.91 Å². The monoisotopic (exact) mass is 420 g/mol. The van der Waals surface area contributed by atoms with Crippen molar-refractivity contribution in [3.63, 3.8) is 0 Å². The number of hydrogen-bond donors (Lipinski definition) is 0. The van der Waals surface area contributed by atoms with E-state index in [9.17, 15) is 4.79 Å². The molecule has 0 unspecified atom stereocenters.